The van der Waals surface area contributed by atoms with Crippen LogP contribution in [-0.2, 0) is 22.4 Å². The summed E-state index contributed by atoms with van der Waals surface area (Å²) in [5.74, 6) is 0.629. The molecule has 0 atom stereocenters. The Morgan fingerprint density at radius 1 is 0.944 bits per heavy atom. The minimum Gasteiger partial charge on any atom is -0.446 e. The molecule has 3 aromatic rings. The minimum atomic E-state index is -0.323. The summed E-state index contributed by atoms with van der Waals surface area (Å²) in [4.78, 5) is 33.3. The number of nitrogens with zero attached hydrogens (tertiary/aromatic N) is 3. The highest BCUT2D eigenvalue weighted by molar-refractivity contribution is 5.68. The zero-order valence-electron chi connectivity index (χ0n) is 20.9. The molecule has 0 bridgehead atoms. The number of benzene rings is 2. The number of fused-ring (bicyclic) bond motifs is 1. The van der Waals surface area contributed by atoms with Crippen molar-refractivity contribution in [2.45, 2.75) is 63.8 Å². The van der Waals surface area contributed by atoms with Crippen LogP contribution in [0.3, 0.4) is 0 Å². The van der Waals surface area contributed by atoms with E-state index in [0.29, 0.717) is 36.6 Å². The Morgan fingerprint density at radius 3 is 2.11 bits per heavy atom. The van der Waals surface area contributed by atoms with Crippen molar-refractivity contribution in [3.8, 4) is 0 Å². The van der Waals surface area contributed by atoms with E-state index in [1.54, 1.807) is 16.6 Å². The molecule has 0 spiro atoms. The van der Waals surface area contributed by atoms with Gasteiger partial charge in [0.2, 0.25) is 0 Å². The van der Waals surface area contributed by atoms with Crippen LogP contribution >= 0.6 is 0 Å². The van der Waals surface area contributed by atoms with Crippen LogP contribution in [0.15, 0.2) is 65.5 Å². The number of carbonyl (C=O) groups excluding carboxylic acids is 1. The van der Waals surface area contributed by atoms with Crippen LogP contribution in [0.5, 0.6) is 0 Å². The van der Waals surface area contributed by atoms with Crippen LogP contribution in [0.4, 0.5) is 4.79 Å². The molecule has 0 saturated heterocycles. The Balaban J connectivity index is 1.40. The maximum atomic E-state index is 13.9. The Hall–Kier alpha value is -3.45. The highest BCUT2D eigenvalue weighted by Crippen LogP contribution is 2.28. The Bertz CT molecular complexity index is 1210. The van der Waals surface area contributed by atoms with Crippen LogP contribution in [0.25, 0.3) is 0 Å². The van der Waals surface area contributed by atoms with Crippen LogP contribution in [0.1, 0.15) is 59.9 Å². The van der Waals surface area contributed by atoms with E-state index in [9.17, 15) is 9.59 Å². The molecule has 7 nitrogen and oxygen atoms in total. The lowest BCUT2D eigenvalue weighted by Gasteiger charge is -2.32. The summed E-state index contributed by atoms with van der Waals surface area (Å²) in [6.07, 6.45) is 3.76. The van der Waals surface area contributed by atoms with E-state index in [1.165, 1.54) is 0 Å². The zero-order valence-corrected chi connectivity index (χ0v) is 20.9. The topological polar surface area (TPSA) is 73.7 Å². The van der Waals surface area contributed by atoms with Gasteiger partial charge in [0, 0.05) is 19.2 Å². The molecule has 2 aliphatic rings. The maximum Gasteiger partial charge on any atom is 0.410 e. The predicted octanol–water partition coefficient (Wildman–Crippen LogP) is 4.64. The van der Waals surface area contributed by atoms with E-state index in [4.69, 9.17) is 14.5 Å². The summed E-state index contributed by atoms with van der Waals surface area (Å²) in [7, 11) is 1.73. The fourth-order valence-corrected chi connectivity index (χ4v) is 5.45. The second-order valence-electron chi connectivity index (χ2n) is 9.67. The second kappa shape index (κ2) is 10.7. The first-order chi connectivity index (χ1) is 17.5. The van der Waals surface area contributed by atoms with Crippen molar-refractivity contribution in [3.05, 3.63) is 99.2 Å². The smallest absolute Gasteiger partial charge is 0.410 e. The lowest BCUT2D eigenvalue weighted by atomic mass is 9.95. The summed E-state index contributed by atoms with van der Waals surface area (Å²) in [5.41, 5.74) is 3.36. The van der Waals surface area contributed by atoms with Gasteiger partial charge in [-0.2, -0.15) is 0 Å². The SMILES string of the molecule is CO[C@H]1CC[C@H](OC(=O)N2CCc3c(nc(C)n(C(c4ccccc4)c4ccccc4)c3=O)C2)CC1. The number of aromatic nitrogens is 2. The first-order valence-electron chi connectivity index (χ1n) is 12.7. The van der Waals surface area contributed by atoms with E-state index in [0.717, 1.165) is 36.8 Å². The Morgan fingerprint density at radius 2 is 1.53 bits per heavy atom. The molecule has 0 unspecified atom stereocenters. The predicted molar refractivity (Wildman–Crippen MR) is 137 cm³/mol. The second-order valence-corrected chi connectivity index (χ2v) is 9.67. The molecule has 1 amide bonds. The lowest BCUT2D eigenvalue weighted by Crippen LogP contribution is -2.43. The van der Waals surface area contributed by atoms with E-state index < -0.39 is 0 Å². The standard InChI is InChI=1S/C29H33N3O4/c1-20-30-26-19-31(29(34)36-24-15-13-23(35-2)14-16-24)18-17-25(26)28(33)32(20)27(21-9-5-3-6-10-21)22-11-7-4-8-12-22/h3-12,23-24,27H,13-19H2,1-2H3/t23-,24-. The molecule has 0 radical (unpaired) electrons. The van der Waals surface area contributed by atoms with Gasteiger partial charge in [0.1, 0.15) is 11.9 Å². The van der Waals surface area contributed by atoms with Crippen molar-refractivity contribution in [2.75, 3.05) is 13.7 Å². The number of hydrogen-bond acceptors (Lipinski definition) is 5. The summed E-state index contributed by atoms with van der Waals surface area (Å²) < 4.78 is 13.0. The number of hydrogen-bond donors (Lipinski definition) is 0. The third kappa shape index (κ3) is 4.93. The molecule has 1 saturated carbocycles. The number of amides is 1. The Labute approximate surface area is 211 Å². The fourth-order valence-electron chi connectivity index (χ4n) is 5.45. The van der Waals surface area contributed by atoms with Crippen molar-refractivity contribution in [2.24, 2.45) is 0 Å². The normalized spacial score (nSPS) is 19.7. The van der Waals surface area contributed by atoms with Crippen LogP contribution in [-0.4, -0.2) is 46.4 Å². The number of methoxy groups -OCH3 is 1. The van der Waals surface area contributed by atoms with Crippen molar-refractivity contribution < 1.29 is 14.3 Å². The van der Waals surface area contributed by atoms with Gasteiger partial charge in [-0.15, -0.1) is 0 Å². The van der Waals surface area contributed by atoms with E-state index in [-0.39, 0.29) is 29.9 Å². The number of carbonyl (C=O) groups is 1. The molecular weight excluding hydrogens is 454 g/mol. The third-order valence-electron chi connectivity index (χ3n) is 7.41. The molecule has 2 heterocycles. The molecule has 5 rings (SSSR count). The van der Waals surface area contributed by atoms with Gasteiger partial charge in [0.15, 0.2) is 0 Å². The summed E-state index contributed by atoms with van der Waals surface area (Å²) in [6, 6.07) is 19.8. The molecule has 36 heavy (non-hydrogen) atoms. The summed E-state index contributed by atoms with van der Waals surface area (Å²) in [6.45, 7) is 2.60. The van der Waals surface area contributed by atoms with E-state index in [1.807, 2.05) is 67.6 Å². The van der Waals surface area contributed by atoms with Gasteiger partial charge < -0.3 is 14.4 Å². The van der Waals surface area contributed by atoms with Gasteiger partial charge in [0.25, 0.3) is 5.56 Å². The third-order valence-corrected chi connectivity index (χ3v) is 7.41. The van der Waals surface area contributed by atoms with E-state index >= 15 is 0 Å². The molecule has 188 valence electrons. The van der Waals surface area contributed by atoms with Gasteiger partial charge in [-0.25, -0.2) is 9.78 Å². The number of aryl methyl sites for hydroxylation is 1. The lowest BCUT2D eigenvalue weighted by molar-refractivity contribution is 0.000677. The average molecular weight is 488 g/mol. The molecule has 1 aliphatic heterocycles. The summed E-state index contributed by atoms with van der Waals surface area (Å²) >= 11 is 0. The quantitative estimate of drug-likeness (QED) is 0.524. The van der Waals surface area contributed by atoms with Crippen LogP contribution in [0, 0.1) is 6.92 Å². The van der Waals surface area contributed by atoms with Crippen LogP contribution in [0.2, 0.25) is 0 Å². The van der Waals surface area contributed by atoms with Crippen LogP contribution < -0.4 is 5.56 Å². The number of rotatable bonds is 5. The van der Waals surface area contributed by atoms with Gasteiger partial charge in [-0.1, -0.05) is 60.7 Å². The largest absolute Gasteiger partial charge is 0.446 e. The van der Waals surface area contributed by atoms with Gasteiger partial charge in [-0.3, -0.25) is 9.36 Å². The van der Waals surface area contributed by atoms with Gasteiger partial charge >= 0.3 is 6.09 Å². The first kappa shape index (κ1) is 24.3. The van der Waals surface area contributed by atoms with Crippen molar-refractivity contribution in [1.29, 1.82) is 0 Å². The summed E-state index contributed by atoms with van der Waals surface area (Å²) in [5, 5.41) is 0. The molecule has 0 N–H and O–H groups in total. The highest BCUT2D eigenvalue weighted by atomic mass is 16.6. The van der Waals surface area contributed by atoms with Crippen molar-refractivity contribution in [1.82, 2.24) is 14.5 Å². The van der Waals surface area contributed by atoms with Crippen molar-refractivity contribution >= 4 is 6.09 Å². The Kier molecular flexibility index (Phi) is 7.18. The van der Waals surface area contributed by atoms with E-state index in [2.05, 4.69) is 0 Å². The molecule has 7 heteroatoms. The number of ether oxygens (including phenoxy) is 2. The molecule has 2 aromatic carbocycles. The fraction of sp³-hybridized carbons (Fsp3) is 0.414. The molecule has 1 aliphatic carbocycles. The van der Waals surface area contributed by atoms with Crippen molar-refractivity contribution in [3.63, 3.8) is 0 Å². The van der Waals surface area contributed by atoms with Gasteiger partial charge in [-0.05, 0) is 50.2 Å². The minimum absolute atomic E-state index is 0.0406. The first-order valence-corrected chi connectivity index (χ1v) is 12.7. The van der Waals surface area contributed by atoms with Gasteiger partial charge in [0.05, 0.1) is 24.4 Å². The highest BCUT2D eigenvalue weighted by Gasteiger charge is 2.31. The molecule has 1 aromatic heterocycles. The zero-order chi connectivity index (χ0) is 25.1. The monoisotopic (exact) mass is 487 g/mol. The molecule has 1 fully saturated rings. The molecular formula is C29H33N3O4. The average Bonchev–Trinajstić information content (AvgIpc) is 2.92. The maximum absolute atomic E-state index is 13.9.